The van der Waals surface area contributed by atoms with Crippen LogP contribution in [-0.2, 0) is 11.2 Å². The van der Waals surface area contributed by atoms with E-state index in [0.717, 1.165) is 35.2 Å². The fraction of sp³-hybridized carbons (Fsp3) is 0.160. The van der Waals surface area contributed by atoms with Crippen LogP contribution in [0.25, 0.3) is 5.70 Å². The van der Waals surface area contributed by atoms with Gasteiger partial charge in [-0.2, -0.15) is 0 Å². The summed E-state index contributed by atoms with van der Waals surface area (Å²) in [5, 5.41) is 4.57. The number of hydrogen-bond acceptors (Lipinski definition) is 1. The van der Waals surface area contributed by atoms with Gasteiger partial charge in [-0.1, -0.05) is 71.7 Å². The van der Waals surface area contributed by atoms with Crippen molar-refractivity contribution in [2.45, 2.75) is 24.7 Å². The van der Waals surface area contributed by atoms with Gasteiger partial charge in [0.15, 0.2) is 0 Å². The summed E-state index contributed by atoms with van der Waals surface area (Å²) < 4.78 is 0. The van der Waals surface area contributed by atoms with Crippen molar-refractivity contribution in [3.05, 3.63) is 111 Å². The molecule has 1 heterocycles. The van der Waals surface area contributed by atoms with Crippen LogP contribution in [0.2, 0.25) is 10.0 Å². The van der Waals surface area contributed by atoms with Crippen LogP contribution in [0.1, 0.15) is 40.5 Å². The highest BCUT2D eigenvalue weighted by molar-refractivity contribution is 6.30. The maximum atomic E-state index is 13.4. The number of rotatable bonds is 2. The van der Waals surface area contributed by atoms with E-state index in [-0.39, 0.29) is 17.7 Å². The third-order valence-corrected chi connectivity index (χ3v) is 6.43. The Bertz CT molecular complexity index is 1130. The zero-order chi connectivity index (χ0) is 20.0. The highest BCUT2D eigenvalue weighted by Gasteiger charge is 2.41. The van der Waals surface area contributed by atoms with Crippen molar-refractivity contribution in [2.75, 3.05) is 0 Å². The zero-order valence-corrected chi connectivity index (χ0v) is 17.2. The van der Waals surface area contributed by atoms with Gasteiger partial charge in [-0.05, 0) is 59.4 Å². The van der Waals surface area contributed by atoms with Crippen LogP contribution in [0.3, 0.4) is 0 Å². The van der Waals surface area contributed by atoms with E-state index in [1.54, 1.807) is 0 Å². The molecule has 0 bridgehead atoms. The Morgan fingerprint density at radius 3 is 2.34 bits per heavy atom. The maximum absolute atomic E-state index is 13.4. The van der Waals surface area contributed by atoms with E-state index in [2.05, 4.69) is 29.6 Å². The van der Waals surface area contributed by atoms with Gasteiger partial charge >= 0.3 is 0 Å². The number of nitrogens with one attached hydrogen (secondary N) is 1. The van der Waals surface area contributed by atoms with Crippen molar-refractivity contribution in [1.29, 1.82) is 0 Å². The Kier molecular flexibility index (Phi) is 4.69. The molecule has 0 saturated heterocycles. The number of hydrogen-bond donors (Lipinski definition) is 1. The number of fused-ring (bicyclic) bond motifs is 2. The summed E-state index contributed by atoms with van der Waals surface area (Å²) in [6.07, 6.45) is 1.88. The molecular formula is C25H19Cl2NO. The molecule has 1 amide bonds. The predicted octanol–water partition coefficient (Wildman–Crippen LogP) is 6.35. The molecule has 5 rings (SSSR count). The van der Waals surface area contributed by atoms with Crippen LogP contribution in [0, 0.1) is 0 Å². The molecule has 0 spiro atoms. The van der Waals surface area contributed by atoms with Gasteiger partial charge in [0.1, 0.15) is 0 Å². The van der Waals surface area contributed by atoms with Crippen LogP contribution in [0.4, 0.5) is 0 Å². The van der Waals surface area contributed by atoms with E-state index in [9.17, 15) is 4.79 Å². The van der Waals surface area contributed by atoms with Gasteiger partial charge in [0.2, 0.25) is 5.91 Å². The summed E-state index contributed by atoms with van der Waals surface area (Å²) in [5.41, 5.74) is 6.67. The third-order valence-electron chi connectivity index (χ3n) is 5.95. The summed E-state index contributed by atoms with van der Waals surface area (Å²) in [4.78, 5) is 13.4. The SMILES string of the molecule is O=C1NC2=C(CCc3ccccc32)C(c2cccc(Cl)c2)C1c1ccc(Cl)cc1. The number of benzene rings is 3. The quantitative estimate of drug-likeness (QED) is 0.515. The lowest BCUT2D eigenvalue weighted by Gasteiger charge is -2.38. The Balaban J connectivity index is 1.72. The number of allylic oxidation sites excluding steroid dienone is 1. The molecular weight excluding hydrogens is 401 g/mol. The number of carbonyl (C=O) groups is 1. The van der Waals surface area contributed by atoms with Gasteiger partial charge in [0.05, 0.1) is 5.92 Å². The molecule has 0 fully saturated rings. The summed E-state index contributed by atoms with van der Waals surface area (Å²) in [6.45, 7) is 0. The first-order valence-electron chi connectivity index (χ1n) is 9.75. The highest BCUT2D eigenvalue weighted by Crippen LogP contribution is 2.48. The van der Waals surface area contributed by atoms with Crippen molar-refractivity contribution in [3.63, 3.8) is 0 Å². The summed E-state index contributed by atoms with van der Waals surface area (Å²) in [6, 6.07) is 23.8. The van der Waals surface area contributed by atoms with Gasteiger partial charge < -0.3 is 5.32 Å². The number of halogens is 2. The lowest BCUT2D eigenvalue weighted by molar-refractivity contribution is -0.122. The first-order valence-corrected chi connectivity index (χ1v) is 10.5. The van der Waals surface area contributed by atoms with Crippen molar-refractivity contribution in [3.8, 4) is 0 Å². The summed E-state index contributed by atoms with van der Waals surface area (Å²) in [5.74, 6) is -0.380. The molecule has 3 aromatic carbocycles. The minimum atomic E-state index is -0.324. The van der Waals surface area contributed by atoms with Crippen LogP contribution in [-0.4, -0.2) is 5.91 Å². The van der Waals surface area contributed by atoms with E-state index in [1.165, 1.54) is 11.1 Å². The van der Waals surface area contributed by atoms with Crippen LogP contribution in [0.15, 0.2) is 78.4 Å². The van der Waals surface area contributed by atoms with Gasteiger partial charge in [0, 0.05) is 27.2 Å². The molecule has 2 atom stereocenters. The maximum Gasteiger partial charge on any atom is 0.232 e. The molecule has 1 aliphatic heterocycles. The Hall–Kier alpha value is -2.55. The third kappa shape index (κ3) is 3.27. The average molecular weight is 420 g/mol. The normalized spacial score (nSPS) is 20.7. The van der Waals surface area contributed by atoms with E-state index in [1.807, 2.05) is 48.5 Å². The monoisotopic (exact) mass is 419 g/mol. The molecule has 144 valence electrons. The summed E-state index contributed by atoms with van der Waals surface area (Å²) in [7, 11) is 0. The van der Waals surface area contributed by atoms with Crippen LogP contribution < -0.4 is 5.32 Å². The second kappa shape index (κ2) is 7.37. The van der Waals surface area contributed by atoms with Gasteiger partial charge in [-0.3, -0.25) is 4.79 Å². The number of carbonyl (C=O) groups excluding carboxylic acids is 1. The van der Waals surface area contributed by atoms with E-state index in [0.29, 0.717) is 10.0 Å². The Morgan fingerprint density at radius 1 is 0.759 bits per heavy atom. The van der Waals surface area contributed by atoms with Crippen molar-refractivity contribution in [2.24, 2.45) is 0 Å². The van der Waals surface area contributed by atoms with Gasteiger partial charge in [0.25, 0.3) is 0 Å². The van der Waals surface area contributed by atoms with E-state index < -0.39 is 0 Å². The largest absolute Gasteiger partial charge is 0.325 e. The molecule has 0 aromatic heterocycles. The fourth-order valence-corrected chi connectivity index (χ4v) is 4.99. The van der Waals surface area contributed by atoms with Gasteiger partial charge in [-0.25, -0.2) is 0 Å². The van der Waals surface area contributed by atoms with Crippen LogP contribution >= 0.6 is 23.2 Å². The molecule has 1 aliphatic carbocycles. The fourth-order valence-electron chi connectivity index (χ4n) is 4.67. The minimum absolute atomic E-state index is 0.00718. The van der Waals surface area contributed by atoms with Gasteiger partial charge in [-0.15, -0.1) is 0 Å². The zero-order valence-electron chi connectivity index (χ0n) is 15.7. The standard InChI is InChI=1S/C25H19Cl2NO/c26-18-11-8-16(9-12-18)23-22(17-5-3-6-19(27)14-17)21-13-10-15-4-1-2-7-20(15)24(21)28-25(23)29/h1-9,11-12,14,22-23H,10,13H2,(H,28,29). The lowest BCUT2D eigenvalue weighted by atomic mass is 9.69. The molecule has 4 heteroatoms. The second-order valence-corrected chi connectivity index (χ2v) is 8.48. The van der Waals surface area contributed by atoms with Crippen molar-refractivity contribution >= 4 is 34.8 Å². The van der Waals surface area contributed by atoms with E-state index in [4.69, 9.17) is 23.2 Å². The first kappa shape index (κ1) is 18.5. The van der Waals surface area contributed by atoms with E-state index >= 15 is 0 Å². The smallest absolute Gasteiger partial charge is 0.232 e. The predicted molar refractivity (Wildman–Crippen MR) is 118 cm³/mol. The molecule has 29 heavy (non-hydrogen) atoms. The first-order chi connectivity index (χ1) is 14.1. The molecule has 0 radical (unpaired) electrons. The van der Waals surface area contributed by atoms with Crippen molar-refractivity contribution in [1.82, 2.24) is 5.32 Å². The molecule has 1 N–H and O–H groups in total. The average Bonchev–Trinajstić information content (AvgIpc) is 2.73. The molecule has 2 aliphatic rings. The van der Waals surface area contributed by atoms with Crippen molar-refractivity contribution < 1.29 is 4.79 Å². The number of aryl methyl sites for hydroxylation is 1. The second-order valence-electron chi connectivity index (χ2n) is 7.61. The number of amides is 1. The Labute approximate surface area is 180 Å². The minimum Gasteiger partial charge on any atom is -0.325 e. The summed E-state index contributed by atoms with van der Waals surface area (Å²) >= 11 is 12.4. The molecule has 0 saturated carbocycles. The lowest BCUT2D eigenvalue weighted by Crippen LogP contribution is -2.39. The topological polar surface area (TPSA) is 29.1 Å². The molecule has 2 nitrogen and oxygen atoms in total. The highest BCUT2D eigenvalue weighted by atomic mass is 35.5. The molecule has 2 unspecified atom stereocenters. The van der Waals surface area contributed by atoms with Crippen LogP contribution in [0.5, 0.6) is 0 Å². The molecule has 3 aromatic rings. The Morgan fingerprint density at radius 2 is 1.55 bits per heavy atom.